The minimum Gasteiger partial charge on any atom is -0.352 e. The molecule has 2 aromatic rings. The molecule has 0 aliphatic rings. The van der Waals surface area contributed by atoms with Crippen molar-refractivity contribution < 1.29 is 9.59 Å². The number of amides is 2. The molecule has 0 unspecified atom stereocenters. The molecule has 23 heavy (non-hydrogen) atoms. The first-order valence-electron chi connectivity index (χ1n) is 7.41. The molecule has 122 valence electrons. The van der Waals surface area contributed by atoms with E-state index in [0.717, 1.165) is 17.0 Å². The SMILES string of the molecule is CC(=O)NCc1ccc(C(=O)Nc2nnc(CC(C)C)s2)cc1. The third kappa shape index (κ3) is 5.45. The van der Waals surface area contributed by atoms with E-state index in [0.29, 0.717) is 23.2 Å². The highest BCUT2D eigenvalue weighted by atomic mass is 32.1. The topological polar surface area (TPSA) is 84.0 Å². The van der Waals surface area contributed by atoms with Crippen molar-refractivity contribution in [3.63, 3.8) is 0 Å². The first-order valence-corrected chi connectivity index (χ1v) is 8.23. The van der Waals surface area contributed by atoms with E-state index < -0.39 is 0 Å². The highest BCUT2D eigenvalue weighted by molar-refractivity contribution is 7.15. The van der Waals surface area contributed by atoms with Gasteiger partial charge in [0.15, 0.2) is 0 Å². The predicted octanol–water partition coefficient (Wildman–Crippen LogP) is 2.63. The van der Waals surface area contributed by atoms with Crippen LogP contribution in [-0.2, 0) is 17.8 Å². The Hall–Kier alpha value is -2.28. The van der Waals surface area contributed by atoms with Crippen LogP contribution < -0.4 is 10.6 Å². The molecule has 1 aromatic carbocycles. The van der Waals surface area contributed by atoms with Crippen molar-refractivity contribution in [2.24, 2.45) is 5.92 Å². The molecule has 0 aliphatic heterocycles. The molecule has 1 aromatic heterocycles. The number of hydrogen-bond donors (Lipinski definition) is 2. The Morgan fingerprint density at radius 1 is 1.17 bits per heavy atom. The Morgan fingerprint density at radius 3 is 2.48 bits per heavy atom. The van der Waals surface area contributed by atoms with E-state index in [4.69, 9.17) is 0 Å². The normalized spacial score (nSPS) is 10.6. The van der Waals surface area contributed by atoms with Crippen molar-refractivity contribution in [2.45, 2.75) is 33.7 Å². The molecule has 2 rings (SSSR count). The second-order valence-corrected chi connectivity index (χ2v) is 6.72. The Morgan fingerprint density at radius 2 is 1.87 bits per heavy atom. The number of nitrogens with zero attached hydrogens (tertiary/aromatic N) is 2. The average molecular weight is 332 g/mol. The zero-order valence-corrected chi connectivity index (χ0v) is 14.2. The van der Waals surface area contributed by atoms with Gasteiger partial charge in [-0.1, -0.05) is 37.3 Å². The first kappa shape index (κ1) is 17.1. The standard InChI is InChI=1S/C16H20N4O2S/c1-10(2)8-14-19-20-16(23-14)18-15(22)13-6-4-12(5-7-13)9-17-11(3)21/h4-7,10H,8-9H2,1-3H3,(H,17,21)(H,18,20,22). The number of carbonyl (C=O) groups excluding carboxylic acids is 2. The molecule has 6 nitrogen and oxygen atoms in total. The molecule has 0 saturated carbocycles. The smallest absolute Gasteiger partial charge is 0.257 e. The molecule has 0 atom stereocenters. The largest absolute Gasteiger partial charge is 0.352 e. The number of carbonyl (C=O) groups is 2. The van der Waals surface area contributed by atoms with Crippen LogP contribution in [0.4, 0.5) is 5.13 Å². The van der Waals surface area contributed by atoms with Gasteiger partial charge < -0.3 is 5.32 Å². The monoisotopic (exact) mass is 332 g/mol. The summed E-state index contributed by atoms with van der Waals surface area (Å²) >= 11 is 1.40. The fraction of sp³-hybridized carbons (Fsp3) is 0.375. The van der Waals surface area contributed by atoms with Crippen molar-refractivity contribution in [1.29, 1.82) is 0 Å². The van der Waals surface area contributed by atoms with Gasteiger partial charge in [0.2, 0.25) is 11.0 Å². The third-order valence-electron chi connectivity index (χ3n) is 3.03. The number of nitrogens with one attached hydrogen (secondary N) is 2. The van der Waals surface area contributed by atoms with Gasteiger partial charge in [-0.25, -0.2) is 0 Å². The molecule has 0 saturated heterocycles. The van der Waals surface area contributed by atoms with Gasteiger partial charge in [-0.05, 0) is 23.6 Å². The van der Waals surface area contributed by atoms with Crippen molar-refractivity contribution in [2.75, 3.05) is 5.32 Å². The fourth-order valence-corrected chi connectivity index (χ4v) is 2.85. The lowest BCUT2D eigenvalue weighted by molar-refractivity contribution is -0.119. The summed E-state index contributed by atoms with van der Waals surface area (Å²) in [6.45, 7) is 6.15. The van der Waals surface area contributed by atoms with Crippen LogP contribution in [0.2, 0.25) is 0 Å². The molecule has 0 fully saturated rings. The lowest BCUT2D eigenvalue weighted by Crippen LogP contribution is -2.19. The Balaban J connectivity index is 1.95. The summed E-state index contributed by atoms with van der Waals surface area (Å²) in [5.41, 5.74) is 1.48. The van der Waals surface area contributed by atoms with Crippen LogP contribution in [-0.4, -0.2) is 22.0 Å². The lowest BCUT2D eigenvalue weighted by Gasteiger charge is -2.04. The Labute approximate surface area is 139 Å². The minimum atomic E-state index is -0.219. The summed E-state index contributed by atoms with van der Waals surface area (Å²) in [6, 6.07) is 7.08. The second-order valence-electron chi connectivity index (χ2n) is 5.66. The number of anilines is 1. The zero-order chi connectivity index (χ0) is 16.8. The molecule has 0 spiro atoms. The summed E-state index contributed by atoms with van der Waals surface area (Å²) in [6.07, 6.45) is 0.853. The van der Waals surface area contributed by atoms with Crippen LogP contribution in [0, 0.1) is 5.92 Å². The average Bonchev–Trinajstić information content (AvgIpc) is 2.91. The maximum Gasteiger partial charge on any atom is 0.257 e. The highest BCUT2D eigenvalue weighted by Gasteiger charge is 2.11. The van der Waals surface area contributed by atoms with E-state index in [1.165, 1.54) is 18.3 Å². The van der Waals surface area contributed by atoms with Crippen LogP contribution in [0.25, 0.3) is 0 Å². The summed E-state index contributed by atoms with van der Waals surface area (Å²) in [7, 11) is 0. The maximum atomic E-state index is 12.2. The predicted molar refractivity (Wildman–Crippen MR) is 90.4 cm³/mol. The van der Waals surface area contributed by atoms with E-state index in [-0.39, 0.29) is 11.8 Å². The zero-order valence-electron chi connectivity index (χ0n) is 13.4. The van der Waals surface area contributed by atoms with E-state index >= 15 is 0 Å². The molecular formula is C16H20N4O2S. The number of rotatable bonds is 6. The minimum absolute atomic E-state index is 0.0831. The molecule has 7 heteroatoms. The molecule has 2 N–H and O–H groups in total. The van der Waals surface area contributed by atoms with Gasteiger partial charge in [-0.15, -0.1) is 10.2 Å². The molecule has 2 amide bonds. The van der Waals surface area contributed by atoms with Crippen molar-refractivity contribution in [3.8, 4) is 0 Å². The first-order chi connectivity index (χ1) is 10.9. The van der Waals surface area contributed by atoms with Crippen LogP contribution in [0.1, 0.15) is 41.7 Å². The van der Waals surface area contributed by atoms with E-state index in [1.54, 1.807) is 12.1 Å². The van der Waals surface area contributed by atoms with Gasteiger partial charge >= 0.3 is 0 Å². The van der Waals surface area contributed by atoms with Crippen LogP contribution in [0.5, 0.6) is 0 Å². The van der Waals surface area contributed by atoms with Crippen LogP contribution in [0.15, 0.2) is 24.3 Å². The molecule has 1 heterocycles. The number of hydrogen-bond acceptors (Lipinski definition) is 5. The number of aromatic nitrogens is 2. The van der Waals surface area contributed by atoms with Crippen molar-refractivity contribution in [3.05, 3.63) is 40.4 Å². The summed E-state index contributed by atoms with van der Waals surface area (Å²) in [5, 5.41) is 15.0. The van der Waals surface area contributed by atoms with Crippen molar-refractivity contribution >= 4 is 28.3 Å². The number of benzene rings is 1. The van der Waals surface area contributed by atoms with Gasteiger partial charge in [-0.3, -0.25) is 14.9 Å². The molecule has 0 bridgehead atoms. The summed E-state index contributed by atoms with van der Waals surface area (Å²) < 4.78 is 0. The fourth-order valence-electron chi connectivity index (χ4n) is 1.91. The highest BCUT2D eigenvalue weighted by Crippen LogP contribution is 2.19. The van der Waals surface area contributed by atoms with Gasteiger partial charge in [0, 0.05) is 25.5 Å². The van der Waals surface area contributed by atoms with Gasteiger partial charge in [0.05, 0.1) is 0 Å². The third-order valence-corrected chi connectivity index (χ3v) is 3.89. The Bertz CT molecular complexity index is 680. The molecular weight excluding hydrogens is 312 g/mol. The van der Waals surface area contributed by atoms with E-state index in [9.17, 15) is 9.59 Å². The molecule has 0 radical (unpaired) electrons. The van der Waals surface area contributed by atoms with E-state index in [2.05, 4.69) is 34.7 Å². The summed E-state index contributed by atoms with van der Waals surface area (Å²) in [5.74, 6) is 0.200. The van der Waals surface area contributed by atoms with Gasteiger partial charge in [-0.2, -0.15) is 0 Å². The Kier molecular flexibility index (Phi) is 5.81. The second kappa shape index (κ2) is 7.82. The van der Waals surface area contributed by atoms with Crippen molar-refractivity contribution in [1.82, 2.24) is 15.5 Å². The van der Waals surface area contributed by atoms with E-state index in [1.807, 2.05) is 12.1 Å². The lowest BCUT2D eigenvalue weighted by atomic mass is 10.1. The van der Waals surface area contributed by atoms with Gasteiger partial charge in [0.25, 0.3) is 5.91 Å². The quantitative estimate of drug-likeness (QED) is 0.852. The molecule has 0 aliphatic carbocycles. The van der Waals surface area contributed by atoms with Crippen LogP contribution in [0.3, 0.4) is 0 Å². The van der Waals surface area contributed by atoms with Gasteiger partial charge in [0.1, 0.15) is 5.01 Å². The van der Waals surface area contributed by atoms with Crippen LogP contribution >= 0.6 is 11.3 Å². The summed E-state index contributed by atoms with van der Waals surface area (Å²) in [4.78, 5) is 23.1. The maximum absolute atomic E-state index is 12.2.